The standard InChI is InChI=1S/C15H27N3O3/c1-11(19)12-7-8-18(9-12)10-14(20)17-15(21)16-13-5-3-2-4-6-13/h11-13,19H,2-10H2,1H3,(H2,16,17,20,21). The molecule has 2 fully saturated rings. The number of nitrogens with zero attached hydrogens (tertiary/aromatic N) is 1. The summed E-state index contributed by atoms with van der Waals surface area (Å²) in [5.74, 6) is -0.0385. The van der Waals surface area contributed by atoms with E-state index in [1.54, 1.807) is 6.92 Å². The Labute approximate surface area is 126 Å². The Morgan fingerprint density at radius 1 is 1.24 bits per heavy atom. The molecule has 1 saturated carbocycles. The van der Waals surface area contributed by atoms with Crippen molar-refractivity contribution in [3.63, 3.8) is 0 Å². The van der Waals surface area contributed by atoms with Crippen molar-refractivity contribution in [3.8, 4) is 0 Å². The number of carbonyl (C=O) groups is 2. The summed E-state index contributed by atoms with van der Waals surface area (Å²) in [4.78, 5) is 25.6. The molecule has 2 rings (SSSR count). The Kier molecular flexibility index (Phi) is 5.99. The summed E-state index contributed by atoms with van der Waals surface area (Å²) in [6.07, 6.45) is 6.10. The summed E-state index contributed by atoms with van der Waals surface area (Å²) >= 11 is 0. The Morgan fingerprint density at radius 3 is 2.57 bits per heavy atom. The van der Waals surface area contributed by atoms with Crippen LogP contribution in [-0.2, 0) is 4.79 Å². The summed E-state index contributed by atoms with van der Waals surface area (Å²) in [7, 11) is 0. The van der Waals surface area contributed by atoms with Crippen LogP contribution in [0.2, 0.25) is 0 Å². The molecular weight excluding hydrogens is 270 g/mol. The molecule has 2 atom stereocenters. The third-order valence-corrected chi connectivity index (χ3v) is 4.55. The Bertz CT molecular complexity index is 367. The normalized spacial score (nSPS) is 25.5. The van der Waals surface area contributed by atoms with Crippen molar-refractivity contribution >= 4 is 11.9 Å². The lowest BCUT2D eigenvalue weighted by Gasteiger charge is -2.23. The number of urea groups is 1. The van der Waals surface area contributed by atoms with Crippen LogP contribution in [0.25, 0.3) is 0 Å². The fourth-order valence-corrected chi connectivity index (χ4v) is 3.24. The second-order valence-electron chi connectivity index (χ2n) is 6.38. The van der Waals surface area contributed by atoms with E-state index in [2.05, 4.69) is 10.6 Å². The molecule has 0 spiro atoms. The molecule has 1 heterocycles. The largest absolute Gasteiger partial charge is 0.393 e. The van der Waals surface area contributed by atoms with E-state index in [0.717, 1.165) is 45.2 Å². The molecule has 6 heteroatoms. The van der Waals surface area contributed by atoms with E-state index in [9.17, 15) is 14.7 Å². The molecule has 3 N–H and O–H groups in total. The number of aliphatic hydroxyl groups is 1. The predicted octanol–water partition coefficient (Wildman–Crippen LogP) is 0.848. The molecule has 2 unspecified atom stereocenters. The van der Waals surface area contributed by atoms with Gasteiger partial charge in [-0.1, -0.05) is 19.3 Å². The third kappa shape index (κ3) is 5.28. The van der Waals surface area contributed by atoms with Crippen LogP contribution in [0, 0.1) is 5.92 Å². The molecule has 2 aliphatic rings. The second-order valence-corrected chi connectivity index (χ2v) is 6.38. The summed E-state index contributed by atoms with van der Waals surface area (Å²) < 4.78 is 0. The molecule has 0 aromatic rings. The molecule has 0 aromatic carbocycles. The summed E-state index contributed by atoms with van der Waals surface area (Å²) in [6.45, 7) is 3.52. The van der Waals surface area contributed by atoms with Gasteiger partial charge in [0, 0.05) is 12.6 Å². The van der Waals surface area contributed by atoms with E-state index < -0.39 is 0 Å². The van der Waals surface area contributed by atoms with Crippen LogP contribution in [0.3, 0.4) is 0 Å². The molecule has 0 radical (unpaired) electrons. The van der Waals surface area contributed by atoms with Gasteiger partial charge in [-0.05, 0) is 38.6 Å². The van der Waals surface area contributed by atoms with Gasteiger partial charge < -0.3 is 10.4 Å². The minimum atomic E-state index is -0.377. The first kappa shape index (κ1) is 16.2. The molecule has 0 bridgehead atoms. The number of carbonyl (C=O) groups excluding carboxylic acids is 2. The first-order valence-electron chi connectivity index (χ1n) is 8.05. The van der Waals surface area contributed by atoms with E-state index in [1.807, 2.05) is 4.90 Å². The number of aliphatic hydroxyl groups excluding tert-OH is 1. The Morgan fingerprint density at radius 2 is 1.95 bits per heavy atom. The number of nitrogens with one attached hydrogen (secondary N) is 2. The third-order valence-electron chi connectivity index (χ3n) is 4.55. The van der Waals surface area contributed by atoms with Crippen LogP contribution in [-0.4, -0.2) is 53.7 Å². The molecule has 0 aromatic heterocycles. The van der Waals surface area contributed by atoms with Gasteiger partial charge in [-0.25, -0.2) is 4.79 Å². The van der Waals surface area contributed by atoms with Crippen LogP contribution in [0.5, 0.6) is 0 Å². The minimum Gasteiger partial charge on any atom is -0.393 e. The quantitative estimate of drug-likeness (QED) is 0.718. The van der Waals surface area contributed by atoms with E-state index in [0.29, 0.717) is 0 Å². The van der Waals surface area contributed by atoms with Crippen molar-refractivity contribution in [1.29, 1.82) is 0 Å². The topological polar surface area (TPSA) is 81.7 Å². The lowest BCUT2D eigenvalue weighted by atomic mass is 9.96. The average molecular weight is 297 g/mol. The highest BCUT2D eigenvalue weighted by Crippen LogP contribution is 2.19. The van der Waals surface area contributed by atoms with E-state index >= 15 is 0 Å². The Balaban J connectivity index is 1.66. The predicted molar refractivity (Wildman–Crippen MR) is 79.8 cm³/mol. The molecule has 1 aliphatic heterocycles. The molecular formula is C15H27N3O3. The molecule has 6 nitrogen and oxygen atoms in total. The van der Waals surface area contributed by atoms with Crippen LogP contribution >= 0.6 is 0 Å². The smallest absolute Gasteiger partial charge is 0.321 e. The van der Waals surface area contributed by atoms with Gasteiger partial charge in [0.1, 0.15) is 0 Å². The zero-order valence-electron chi connectivity index (χ0n) is 12.8. The summed E-state index contributed by atoms with van der Waals surface area (Å²) in [5, 5.41) is 14.8. The second kappa shape index (κ2) is 7.75. The number of hydrogen-bond donors (Lipinski definition) is 3. The molecule has 21 heavy (non-hydrogen) atoms. The zero-order valence-corrected chi connectivity index (χ0v) is 12.8. The van der Waals surface area contributed by atoms with Gasteiger partial charge in [0.15, 0.2) is 0 Å². The average Bonchev–Trinajstić information content (AvgIpc) is 2.88. The van der Waals surface area contributed by atoms with Crippen molar-refractivity contribution < 1.29 is 14.7 Å². The molecule has 120 valence electrons. The first-order valence-corrected chi connectivity index (χ1v) is 8.05. The van der Waals surface area contributed by atoms with E-state index in [4.69, 9.17) is 0 Å². The number of amides is 3. The van der Waals surface area contributed by atoms with Gasteiger partial charge >= 0.3 is 6.03 Å². The van der Waals surface area contributed by atoms with Crippen molar-refractivity contribution in [2.45, 2.75) is 57.6 Å². The lowest BCUT2D eigenvalue weighted by molar-refractivity contribution is -0.121. The van der Waals surface area contributed by atoms with Crippen LogP contribution < -0.4 is 10.6 Å². The monoisotopic (exact) mass is 297 g/mol. The number of imide groups is 1. The van der Waals surface area contributed by atoms with E-state index in [-0.39, 0.29) is 36.5 Å². The maximum absolute atomic E-state index is 11.9. The first-order chi connectivity index (χ1) is 10.0. The molecule has 1 saturated heterocycles. The highest BCUT2D eigenvalue weighted by molar-refractivity contribution is 5.95. The van der Waals surface area contributed by atoms with Crippen molar-refractivity contribution in [1.82, 2.24) is 15.5 Å². The molecule has 3 amide bonds. The highest BCUT2D eigenvalue weighted by atomic mass is 16.3. The number of rotatable bonds is 4. The van der Waals surface area contributed by atoms with Crippen LogP contribution in [0.4, 0.5) is 4.79 Å². The van der Waals surface area contributed by atoms with Gasteiger partial charge in [-0.2, -0.15) is 0 Å². The van der Waals surface area contributed by atoms with Crippen molar-refractivity contribution in [3.05, 3.63) is 0 Å². The molecule has 1 aliphatic carbocycles. The van der Waals surface area contributed by atoms with E-state index in [1.165, 1.54) is 6.42 Å². The van der Waals surface area contributed by atoms with Crippen molar-refractivity contribution in [2.24, 2.45) is 5.92 Å². The maximum atomic E-state index is 11.9. The van der Waals surface area contributed by atoms with Crippen LogP contribution in [0.1, 0.15) is 45.4 Å². The lowest BCUT2D eigenvalue weighted by Crippen LogP contribution is -2.47. The van der Waals surface area contributed by atoms with Gasteiger partial charge in [0.05, 0.1) is 12.6 Å². The summed E-state index contributed by atoms with van der Waals surface area (Å²) in [5.41, 5.74) is 0. The zero-order chi connectivity index (χ0) is 15.2. The SMILES string of the molecule is CC(O)C1CCN(CC(=O)NC(=O)NC2CCCCC2)C1. The van der Waals surface area contributed by atoms with Crippen molar-refractivity contribution in [2.75, 3.05) is 19.6 Å². The van der Waals surface area contributed by atoms with Gasteiger partial charge in [0.2, 0.25) is 5.91 Å². The maximum Gasteiger partial charge on any atom is 0.321 e. The van der Waals surface area contributed by atoms with Gasteiger partial charge in [0.25, 0.3) is 0 Å². The number of hydrogen-bond acceptors (Lipinski definition) is 4. The summed E-state index contributed by atoms with van der Waals surface area (Å²) in [6, 6.07) is -0.170. The number of likely N-dealkylation sites (tertiary alicyclic amines) is 1. The highest BCUT2D eigenvalue weighted by Gasteiger charge is 2.27. The van der Waals surface area contributed by atoms with Gasteiger partial charge in [-0.15, -0.1) is 0 Å². The minimum absolute atomic E-state index is 0.206. The fraction of sp³-hybridized carbons (Fsp3) is 0.867. The van der Waals surface area contributed by atoms with Gasteiger partial charge in [-0.3, -0.25) is 15.0 Å². The van der Waals surface area contributed by atoms with Crippen LogP contribution in [0.15, 0.2) is 0 Å². The Hall–Kier alpha value is -1.14. The fourth-order valence-electron chi connectivity index (χ4n) is 3.24.